The molecule has 1 atom stereocenters. The summed E-state index contributed by atoms with van der Waals surface area (Å²) in [5.41, 5.74) is 0. The SMILES string of the molecule is CN(C)C(C=O)CCCn1c[c]nc1. The first-order valence-electron chi connectivity index (χ1n) is 4.73. The van der Waals surface area contributed by atoms with Gasteiger partial charge in [-0.15, -0.1) is 0 Å². The fourth-order valence-electron chi connectivity index (χ4n) is 1.30. The van der Waals surface area contributed by atoms with Crippen molar-refractivity contribution in [3.05, 3.63) is 18.7 Å². The number of hydrogen-bond donors (Lipinski definition) is 0. The van der Waals surface area contributed by atoms with Gasteiger partial charge in [0.2, 0.25) is 0 Å². The van der Waals surface area contributed by atoms with E-state index in [1.807, 2.05) is 29.8 Å². The summed E-state index contributed by atoms with van der Waals surface area (Å²) < 4.78 is 1.97. The second-order valence-electron chi connectivity index (χ2n) is 3.55. The molecule has 14 heavy (non-hydrogen) atoms. The molecular formula is C10H16N3O. The quantitative estimate of drug-likeness (QED) is 0.622. The summed E-state index contributed by atoms with van der Waals surface area (Å²) >= 11 is 0. The standard InChI is InChI=1S/C10H16N3O/c1-12(2)10(8-14)4-3-6-13-7-5-11-9-13/h7-10H,3-4,6H2,1-2H3. The van der Waals surface area contributed by atoms with E-state index in [1.165, 1.54) is 0 Å². The van der Waals surface area contributed by atoms with Crippen molar-refractivity contribution in [3.8, 4) is 0 Å². The van der Waals surface area contributed by atoms with Crippen molar-refractivity contribution in [1.29, 1.82) is 0 Å². The lowest BCUT2D eigenvalue weighted by molar-refractivity contribution is -0.111. The van der Waals surface area contributed by atoms with Crippen molar-refractivity contribution in [3.63, 3.8) is 0 Å². The molecule has 4 nitrogen and oxygen atoms in total. The predicted octanol–water partition coefficient (Wildman–Crippen LogP) is 0.593. The normalized spacial score (nSPS) is 13.1. The molecule has 0 spiro atoms. The second kappa shape index (κ2) is 5.54. The molecule has 0 aliphatic rings. The smallest absolute Gasteiger partial charge is 0.137 e. The van der Waals surface area contributed by atoms with Crippen LogP contribution in [0.25, 0.3) is 0 Å². The van der Waals surface area contributed by atoms with Crippen molar-refractivity contribution in [1.82, 2.24) is 14.5 Å². The van der Waals surface area contributed by atoms with Gasteiger partial charge < -0.3 is 9.36 Å². The Labute approximate surface area is 84.5 Å². The number of imidazole rings is 1. The lowest BCUT2D eigenvalue weighted by Gasteiger charge is -2.17. The average molecular weight is 194 g/mol. The number of rotatable bonds is 6. The van der Waals surface area contributed by atoms with Gasteiger partial charge in [0.15, 0.2) is 0 Å². The van der Waals surface area contributed by atoms with Crippen LogP contribution < -0.4 is 0 Å². The fourth-order valence-corrected chi connectivity index (χ4v) is 1.30. The lowest BCUT2D eigenvalue weighted by Crippen LogP contribution is -2.29. The van der Waals surface area contributed by atoms with Crippen molar-refractivity contribution in [2.75, 3.05) is 14.1 Å². The number of aldehydes is 1. The van der Waals surface area contributed by atoms with E-state index in [0.29, 0.717) is 0 Å². The number of nitrogens with zero attached hydrogens (tertiary/aromatic N) is 3. The van der Waals surface area contributed by atoms with Gasteiger partial charge in [-0.3, -0.25) is 4.90 Å². The van der Waals surface area contributed by atoms with Gasteiger partial charge in [0.25, 0.3) is 0 Å². The molecule has 1 unspecified atom stereocenters. The summed E-state index contributed by atoms with van der Waals surface area (Å²) in [6.07, 6.45) is 9.15. The molecule has 1 rings (SSSR count). The van der Waals surface area contributed by atoms with E-state index in [9.17, 15) is 4.79 Å². The number of aromatic nitrogens is 2. The summed E-state index contributed by atoms with van der Waals surface area (Å²) in [5.74, 6) is 0. The third-order valence-corrected chi connectivity index (χ3v) is 2.24. The molecule has 0 N–H and O–H groups in total. The zero-order valence-electron chi connectivity index (χ0n) is 8.68. The maximum absolute atomic E-state index is 10.7. The third-order valence-electron chi connectivity index (χ3n) is 2.24. The van der Waals surface area contributed by atoms with E-state index < -0.39 is 0 Å². The van der Waals surface area contributed by atoms with Gasteiger partial charge in [-0.25, -0.2) is 4.98 Å². The topological polar surface area (TPSA) is 38.1 Å². The zero-order valence-corrected chi connectivity index (χ0v) is 8.68. The molecule has 0 aliphatic carbocycles. The van der Waals surface area contributed by atoms with Gasteiger partial charge in [0.1, 0.15) is 12.5 Å². The van der Waals surface area contributed by atoms with Crippen LogP contribution in [-0.4, -0.2) is 40.9 Å². The molecule has 0 aliphatic heterocycles. The largest absolute Gasteiger partial charge is 0.337 e. The maximum atomic E-state index is 10.7. The van der Waals surface area contributed by atoms with Crippen LogP contribution in [-0.2, 0) is 11.3 Å². The molecule has 0 amide bonds. The lowest BCUT2D eigenvalue weighted by atomic mass is 10.1. The summed E-state index contributed by atoms with van der Waals surface area (Å²) in [6, 6.07) is 0.0301. The number of aryl methyl sites for hydroxylation is 1. The fraction of sp³-hybridized carbons (Fsp3) is 0.600. The van der Waals surface area contributed by atoms with Crippen LogP contribution in [0.5, 0.6) is 0 Å². The molecule has 0 bridgehead atoms. The molecule has 1 aromatic rings. The van der Waals surface area contributed by atoms with E-state index in [0.717, 1.165) is 25.7 Å². The highest BCUT2D eigenvalue weighted by atomic mass is 16.1. The highest BCUT2D eigenvalue weighted by Gasteiger charge is 2.08. The minimum absolute atomic E-state index is 0.0301. The number of likely N-dealkylation sites (N-methyl/N-ethyl adjacent to an activating group) is 1. The summed E-state index contributed by atoms with van der Waals surface area (Å²) in [4.78, 5) is 16.4. The van der Waals surface area contributed by atoms with Crippen LogP contribution in [0.15, 0.2) is 12.5 Å². The number of carbonyl (C=O) groups excluding carboxylic acids is 1. The second-order valence-corrected chi connectivity index (χ2v) is 3.55. The predicted molar refractivity (Wildman–Crippen MR) is 53.8 cm³/mol. The van der Waals surface area contributed by atoms with Gasteiger partial charge in [-0.2, -0.15) is 0 Å². The van der Waals surface area contributed by atoms with Crippen LogP contribution >= 0.6 is 0 Å². The van der Waals surface area contributed by atoms with Gasteiger partial charge in [-0.05, 0) is 26.9 Å². The highest BCUT2D eigenvalue weighted by Crippen LogP contribution is 2.02. The van der Waals surface area contributed by atoms with Gasteiger partial charge in [0, 0.05) is 12.7 Å². The first kappa shape index (κ1) is 10.9. The molecule has 0 aromatic carbocycles. The van der Waals surface area contributed by atoms with Crippen molar-refractivity contribution in [2.24, 2.45) is 0 Å². The molecule has 0 saturated carbocycles. The Hall–Kier alpha value is -1.16. The first-order chi connectivity index (χ1) is 6.74. The Kier molecular flexibility index (Phi) is 4.32. The molecule has 0 fully saturated rings. The van der Waals surface area contributed by atoms with E-state index in [-0.39, 0.29) is 6.04 Å². The molecule has 4 heteroatoms. The minimum atomic E-state index is 0.0301. The Bertz CT molecular complexity index is 256. The molecular weight excluding hydrogens is 178 g/mol. The van der Waals surface area contributed by atoms with E-state index in [4.69, 9.17) is 0 Å². The average Bonchev–Trinajstić information content (AvgIpc) is 2.64. The van der Waals surface area contributed by atoms with Gasteiger partial charge in [0.05, 0.1) is 12.4 Å². The highest BCUT2D eigenvalue weighted by molar-refractivity contribution is 5.57. The first-order valence-corrected chi connectivity index (χ1v) is 4.73. The van der Waals surface area contributed by atoms with Gasteiger partial charge >= 0.3 is 0 Å². The van der Waals surface area contributed by atoms with Crippen molar-refractivity contribution < 1.29 is 4.79 Å². The zero-order chi connectivity index (χ0) is 10.4. The molecule has 77 valence electrons. The van der Waals surface area contributed by atoms with E-state index >= 15 is 0 Å². The van der Waals surface area contributed by atoms with Crippen molar-refractivity contribution in [2.45, 2.75) is 25.4 Å². The Morgan fingerprint density at radius 1 is 1.64 bits per heavy atom. The van der Waals surface area contributed by atoms with Crippen LogP contribution in [0.3, 0.4) is 0 Å². The Morgan fingerprint density at radius 2 is 2.43 bits per heavy atom. The van der Waals surface area contributed by atoms with Crippen LogP contribution in [0.2, 0.25) is 0 Å². The van der Waals surface area contributed by atoms with Crippen LogP contribution in [0.1, 0.15) is 12.8 Å². The van der Waals surface area contributed by atoms with Crippen molar-refractivity contribution >= 4 is 6.29 Å². The van der Waals surface area contributed by atoms with E-state index in [2.05, 4.69) is 11.2 Å². The van der Waals surface area contributed by atoms with Gasteiger partial charge in [-0.1, -0.05) is 0 Å². The van der Waals surface area contributed by atoms with E-state index in [1.54, 1.807) is 6.33 Å². The molecule has 0 saturated heterocycles. The maximum Gasteiger partial charge on any atom is 0.137 e. The summed E-state index contributed by atoms with van der Waals surface area (Å²) in [7, 11) is 3.84. The molecule has 1 aromatic heterocycles. The summed E-state index contributed by atoms with van der Waals surface area (Å²) in [6.45, 7) is 0.898. The minimum Gasteiger partial charge on any atom is -0.337 e. The Morgan fingerprint density at radius 3 is 2.93 bits per heavy atom. The summed E-state index contributed by atoms with van der Waals surface area (Å²) in [5, 5.41) is 0. The number of hydrogen-bond acceptors (Lipinski definition) is 3. The third kappa shape index (κ3) is 3.30. The molecule has 1 heterocycles. The number of carbonyl (C=O) groups is 1. The monoisotopic (exact) mass is 194 g/mol. The Balaban J connectivity index is 2.23. The van der Waals surface area contributed by atoms with Crippen LogP contribution in [0.4, 0.5) is 0 Å². The molecule has 1 radical (unpaired) electrons. The van der Waals surface area contributed by atoms with Crippen LogP contribution in [0, 0.1) is 6.20 Å².